The second-order valence-corrected chi connectivity index (χ2v) is 4.70. The molecule has 0 aromatic heterocycles. The number of benzene rings is 1. The van der Waals surface area contributed by atoms with E-state index in [9.17, 15) is 0 Å². The Hall–Kier alpha value is -1.10. The van der Waals surface area contributed by atoms with Crippen LogP contribution in [0.5, 0.6) is 5.75 Å². The third-order valence-corrected chi connectivity index (χ3v) is 3.36. The number of rotatable bonds is 7. The average molecular weight is 265 g/mol. The Morgan fingerprint density at radius 3 is 2.74 bits per heavy atom. The summed E-state index contributed by atoms with van der Waals surface area (Å²) in [5.74, 6) is 0.879. The van der Waals surface area contributed by atoms with Gasteiger partial charge in [0.15, 0.2) is 0 Å². The maximum atomic E-state index is 5.91. The number of hydrogen-bond acceptors (Lipinski definition) is 4. The summed E-state index contributed by atoms with van der Waals surface area (Å²) in [5.41, 5.74) is 1.22. The first-order valence-corrected chi connectivity index (χ1v) is 6.90. The van der Waals surface area contributed by atoms with E-state index < -0.39 is 0 Å². The Bertz CT molecular complexity index is 360. The van der Waals surface area contributed by atoms with Crippen molar-refractivity contribution in [1.29, 1.82) is 0 Å². The zero-order chi connectivity index (χ0) is 13.5. The van der Waals surface area contributed by atoms with Gasteiger partial charge in [0.1, 0.15) is 5.75 Å². The highest BCUT2D eigenvalue weighted by molar-refractivity contribution is 5.29. The Kier molecular flexibility index (Phi) is 5.63. The topological polar surface area (TPSA) is 39.7 Å². The number of ether oxygens (including phenoxy) is 3. The van der Waals surface area contributed by atoms with Crippen molar-refractivity contribution in [3.8, 4) is 5.75 Å². The molecule has 1 aliphatic heterocycles. The van der Waals surface area contributed by atoms with E-state index in [0.29, 0.717) is 6.61 Å². The largest absolute Gasteiger partial charge is 0.497 e. The number of likely N-dealkylation sites (N-methyl/N-ethyl adjacent to an activating group) is 1. The molecule has 2 atom stereocenters. The van der Waals surface area contributed by atoms with E-state index in [4.69, 9.17) is 14.2 Å². The van der Waals surface area contributed by atoms with Gasteiger partial charge in [0.05, 0.1) is 32.5 Å². The van der Waals surface area contributed by atoms with Gasteiger partial charge in [-0.25, -0.2) is 0 Å². The minimum absolute atomic E-state index is 0.219. The predicted octanol–water partition coefficient (Wildman–Crippen LogP) is 2.15. The van der Waals surface area contributed by atoms with Gasteiger partial charge in [0.2, 0.25) is 0 Å². The molecule has 4 nitrogen and oxygen atoms in total. The smallest absolute Gasteiger partial charge is 0.118 e. The molecule has 0 aliphatic carbocycles. The zero-order valence-electron chi connectivity index (χ0n) is 11.7. The third-order valence-electron chi connectivity index (χ3n) is 3.36. The molecule has 1 fully saturated rings. The summed E-state index contributed by atoms with van der Waals surface area (Å²) in [6.45, 7) is 5.24. The first-order valence-electron chi connectivity index (χ1n) is 6.90. The molecular weight excluding hydrogens is 242 g/mol. The van der Waals surface area contributed by atoms with E-state index in [2.05, 4.69) is 24.4 Å². The van der Waals surface area contributed by atoms with Crippen LogP contribution >= 0.6 is 0 Å². The average Bonchev–Trinajstić information content (AvgIpc) is 2.97. The lowest BCUT2D eigenvalue weighted by Gasteiger charge is -2.20. The van der Waals surface area contributed by atoms with Crippen LogP contribution in [0.3, 0.4) is 0 Å². The van der Waals surface area contributed by atoms with Gasteiger partial charge in [-0.15, -0.1) is 0 Å². The lowest BCUT2D eigenvalue weighted by atomic mass is 10.1. The van der Waals surface area contributed by atoms with E-state index in [1.54, 1.807) is 7.11 Å². The van der Waals surface area contributed by atoms with Gasteiger partial charge in [0, 0.05) is 6.61 Å². The van der Waals surface area contributed by atoms with E-state index >= 15 is 0 Å². The van der Waals surface area contributed by atoms with Crippen LogP contribution < -0.4 is 10.1 Å². The van der Waals surface area contributed by atoms with Gasteiger partial charge in [-0.2, -0.15) is 0 Å². The SMILES string of the molecule is CCNC(COC1CCOC1)c1ccc(OC)cc1. The number of nitrogens with one attached hydrogen (secondary N) is 1. The fraction of sp³-hybridized carbons (Fsp3) is 0.600. The summed E-state index contributed by atoms with van der Waals surface area (Å²) in [5, 5.41) is 3.45. The highest BCUT2D eigenvalue weighted by Gasteiger charge is 2.18. The molecular formula is C15H23NO3. The fourth-order valence-corrected chi connectivity index (χ4v) is 2.23. The molecule has 0 radical (unpaired) electrons. The first-order chi connectivity index (χ1) is 9.33. The fourth-order valence-electron chi connectivity index (χ4n) is 2.23. The van der Waals surface area contributed by atoms with E-state index in [1.165, 1.54) is 5.56 Å². The van der Waals surface area contributed by atoms with Crippen molar-refractivity contribution in [3.63, 3.8) is 0 Å². The van der Waals surface area contributed by atoms with Crippen molar-refractivity contribution < 1.29 is 14.2 Å². The molecule has 4 heteroatoms. The summed E-state index contributed by atoms with van der Waals surface area (Å²) in [7, 11) is 1.68. The molecule has 0 amide bonds. The van der Waals surface area contributed by atoms with Crippen molar-refractivity contribution in [2.24, 2.45) is 0 Å². The molecule has 106 valence electrons. The van der Waals surface area contributed by atoms with Gasteiger partial charge in [-0.3, -0.25) is 0 Å². The molecule has 0 bridgehead atoms. The molecule has 2 unspecified atom stereocenters. The van der Waals surface area contributed by atoms with Crippen molar-refractivity contribution in [2.45, 2.75) is 25.5 Å². The molecule has 2 rings (SSSR count). The summed E-state index contributed by atoms with van der Waals surface area (Å²) in [6, 6.07) is 8.36. The number of methoxy groups -OCH3 is 1. The summed E-state index contributed by atoms with van der Waals surface area (Å²) in [4.78, 5) is 0. The Labute approximate surface area is 115 Å². The lowest BCUT2D eigenvalue weighted by molar-refractivity contribution is 0.0300. The standard InChI is InChI=1S/C15H23NO3/c1-3-16-15(11-19-14-8-9-18-10-14)12-4-6-13(17-2)7-5-12/h4-7,14-16H,3,8-11H2,1-2H3. The zero-order valence-corrected chi connectivity index (χ0v) is 11.7. The lowest BCUT2D eigenvalue weighted by Crippen LogP contribution is -2.28. The third kappa shape index (κ3) is 4.20. The minimum Gasteiger partial charge on any atom is -0.497 e. The Morgan fingerprint density at radius 2 is 2.16 bits per heavy atom. The van der Waals surface area contributed by atoms with Gasteiger partial charge in [-0.05, 0) is 30.7 Å². The van der Waals surface area contributed by atoms with Crippen molar-refractivity contribution in [2.75, 3.05) is 33.5 Å². The van der Waals surface area contributed by atoms with Gasteiger partial charge < -0.3 is 19.5 Å². The maximum Gasteiger partial charge on any atom is 0.118 e. The molecule has 1 N–H and O–H groups in total. The molecule has 1 aromatic rings. The quantitative estimate of drug-likeness (QED) is 0.820. The van der Waals surface area contributed by atoms with Crippen LogP contribution in [0.4, 0.5) is 0 Å². The molecule has 1 heterocycles. The van der Waals surface area contributed by atoms with E-state index in [1.807, 2.05) is 12.1 Å². The van der Waals surface area contributed by atoms with Crippen LogP contribution in [0, 0.1) is 0 Å². The molecule has 1 aromatic carbocycles. The van der Waals surface area contributed by atoms with Crippen LogP contribution in [0.2, 0.25) is 0 Å². The van der Waals surface area contributed by atoms with Crippen molar-refractivity contribution in [3.05, 3.63) is 29.8 Å². The predicted molar refractivity (Wildman–Crippen MR) is 74.6 cm³/mol. The molecule has 0 saturated carbocycles. The normalized spacial score (nSPS) is 20.4. The first kappa shape index (κ1) is 14.3. The Morgan fingerprint density at radius 1 is 1.37 bits per heavy atom. The monoisotopic (exact) mass is 265 g/mol. The van der Waals surface area contributed by atoms with Crippen molar-refractivity contribution in [1.82, 2.24) is 5.32 Å². The molecule has 19 heavy (non-hydrogen) atoms. The molecule has 1 saturated heterocycles. The highest BCUT2D eigenvalue weighted by Crippen LogP contribution is 2.19. The van der Waals surface area contributed by atoms with Crippen LogP contribution in [0.1, 0.15) is 24.9 Å². The molecule has 1 aliphatic rings. The van der Waals surface area contributed by atoms with Gasteiger partial charge >= 0.3 is 0 Å². The number of hydrogen-bond donors (Lipinski definition) is 1. The van der Waals surface area contributed by atoms with E-state index in [-0.39, 0.29) is 12.1 Å². The minimum atomic E-state index is 0.219. The summed E-state index contributed by atoms with van der Waals surface area (Å²) < 4.78 is 16.4. The summed E-state index contributed by atoms with van der Waals surface area (Å²) in [6.07, 6.45) is 1.25. The van der Waals surface area contributed by atoms with Crippen LogP contribution in [-0.4, -0.2) is 39.6 Å². The second kappa shape index (κ2) is 7.48. The van der Waals surface area contributed by atoms with Crippen LogP contribution in [-0.2, 0) is 9.47 Å². The van der Waals surface area contributed by atoms with Gasteiger partial charge in [-0.1, -0.05) is 19.1 Å². The van der Waals surface area contributed by atoms with Crippen molar-refractivity contribution >= 4 is 0 Å². The Balaban J connectivity index is 1.92. The maximum absolute atomic E-state index is 5.91. The molecule has 0 spiro atoms. The highest BCUT2D eigenvalue weighted by atomic mass is 16.5. The van der Waals surface area contributed by atoms with Crippen LogP contribution in [0.15, 0.2) is 24.3 Å². The second-order valence-electron chi connectivity index (χ2n) is 4.70. The summed E-state index contributed by atoms with van der Waals surface area (Å²) >= 11 is 0. The van der Waals surface area contributed by atoms with Gasteiger partial charge in [0.25, 0.3) is 0 Å². The van der Waals surface area contributed by atoms with Crippen LogP contribution in [0.25, 0.3) is 0 Å². The van der Waals surface area contributed by atoms with E-state index in [0.717, 1.165) is 31.9 Å².